The summed E-state index contributed by atoms with van der Waals surface area (Å²) in [4.78, 5) is 16.3. The minimum Gasteiger partial charge on any atom is -0.378 e. The van der Waals surface area contributed by atoms with Crippen molar-refractivity contribution < 1.29 is 31.9 Å². The van der Waals surface area contributed by atoms with Crippen LogP contribution in [0.15, 0.2) is 36.7 Å². The smallest absolute Gasteiger partial charge is 0.378 e. The highest BCUT2D eigenvalue weighted by Crippen LogP contribution is 2.33. The number of hydrogen-bond acceptors (Lipinski definition) is 4. The molecule has 1 aromatic heterocycles. The molecule has 0 radical (unpaired) electrons. The Bertz CT molecular complexity index is 1180. The zero-order valence-corrected chi connectivity index (χ0v) is 15.3. The molecule has 0 fully saturated rings. The lowest BCUT2D eigenvalue weighted by Gasteiger charge is -2.23. The molecule has 1 atom stereocenters. The third-order valence-electron chi connectivity index (χ3n) is 4.33. The number of carbonyl (C=O) groups is 1. The first kappa shape index (κ1) is 21.2. The first-order valence-corrected chi connectivity index (χ1v) is 8.37. The van der Waals surface area contributed by atoms with Crippen LogP contribution in [0, 0.1) is 23.0 Å². The number of halogens is 5. The van der Waals surface area contributed by atoms with E-state index >= 15 is 0 Å². The van der Waals surface area contributed by atoms with Crippen molar-refractivity contribution in [2.45, 2.75) is 25.2 Å². The average molecular weight is 424 g/mol. The summed E-state index contributed by atoms with van der Waals surface area (Å²) >= 11 is 0. The van der Waals surface area contributed by atoms with Crippen LogP contribution in [0.25, 0.3) is 11.0 Å². The van der Waals surface area contributed by atoms with Gasteiger partial charge in [0.25, 0.3) is 5.91 Å². The number of imidazole rings is 1. The van der Waals surface area contributed by atoms with E-state index in [0.717, 1.165) is 37.5 Å². The van der Waals surface area contributed by atoms with E-state index in [0.29, 0.717) is 6.07 Å². The first-order chi connectivity index (χ1) is 13.9. The third kappa shape index (κ3) is 4.08. The summed E-state index contributed by atoms with van der Waals surface area (Å²) in [5, 5.41) is 21.5. The van der Waals surface area contributed by atoms with Gasteiger partial charge in [0.1, 0.15) is 0 Å². The van der Waals surface area contributed by atoms with Crippen molar-refractivity contribution in [2.24, 2.45) is 0 Å². The van der Waals surface area contributed by atoms with E-state index in [1.54, 1.807) is 0 Å². The summed E-state index contributed by atoms with van der Waals surface area (Å²) in [5.41, 5.74) is -4.08. The molecular weight excluding hydrogens is 411 g/mol. The Morgan fingerprint density at radius 2 is 1.90 bits per heavy atom. The molecule has 2 N–H and O–H groups in total. The predicted octanol–water partition coefficient (Wildman–Crippen LogP) is 3.59. The number of benzene rings is 2. The van der Waals surface area contributed by atoms with E-state index in [-0.39, 0.29) is 16.7 Å². The minimum absolute atomic E-state index is 0.0898. The molecule has 0 spiro atoms. The van der Waals surface area contributed by atoms with Gasteiger partial charge < -0.3 is 15.0 Å². The number of alkyl halides is 3. The van der Waals surface area contributed by atoms with Gasteiger partial charge in [-0.25, -0.2) is 13.8 Å². The van der Waals surface area contributed by atoms with E-state index in [4.69, 9.17) is 5.26 Å². The minimum atomic E-state index is -4.82. The molecule has 0 aliphatic heterocycles. The molecule has 11 heteroatoms. The zero-order chi connectivity index (χ0) is 22.3. The number of carbonyl (C=O) groups excluding carboxylic acids is 1. The van der Waals surface area contributed by atoms with Crippen LogP contribution in [0.4, 0.5) is 27.6 Å². The second-order valence-electron chi connectivity index (χ2n) is 6.73. The van der Waals surface area contributed by atoms with Crippen molar-refractivity contribution in [1.82, 2.24) is 9.55 Å². The number of aliphatic hydroxyl groups is 1. The van der Waals surface area contributed by atoms with Gasteiger partial charge in [0, 0.05) is 17.8 Å². The van der Waals surface area contributed by atoms with E-state index in [2.05, 4.69) is 10.3 Å². The number of nitrogens with zero attached hydrogens (tertiary/aromatic N) is 3. The van der Waals surface area contributed by atoms with Crippen molar-refractivity contribution in [2.75, 3.05) is 5.32 Å². The third-order valence-corrected chi connectivity index (χ3v) is 4.33. The number of aromatic nitrogens is 2. The lowest BCUT2D eigenvalue weighted by Crippen LogP contribution is -2.43. The van der Waals surface area contributed by atoms with Crippen LogP contribution >= 0.6 is 0 Å². The Hall–Kier alpha value is -3.52. The lowest BCUT2D eigenvalue weighted by atomic mass is 10.0. The summed E-state index contributed by atoms with van der Waals surface area (Å²) in [6.07, 6.45) is -3.65. The van der Waals surface area contributed by atoms with Gasteiger partial charge in [-0.15, -0.1) is 0 Å². The molecule has 3 rings (SSSR count). The maximum absolute atomic E-state index is 13.5. The van der Waals surface area contributed by atoms with Gasteiger partial charge in [-0.05, 0) is 25.1 Å². The van der Waals surface area contributed by atoms with Crippen molar-refractivity contribution >= 4 is 22.6 Å². The van der Waals surface area contributed by atoms with E-state index in [9.17, 15) is 31.9 Å². The maximum Gasteiger partial charge on any atom is 0.417 e. The fraction of sp³-hybridized carbons (Fsp3) is 0.211. The van der Waals surface area contributed by atoms with Crippen LogP contribution in [-0.4, -0.2) is 26.2 Å². The molecule has 0 bridgehead atoms. The molecule has 2 aromatic carbocycles. The molecule has 6 nitrogen and oxygen atoms in total. The Morgan fingerprint density at radius 3 is 2.53 bits per heavy atom. The lowest BCUT2D eigenvalue weighted by molar-refractivity contribution is -0.138. The Balaban J connectivity index is 1.85. The molecule has 30 heavy (non-hydrogen) atoms. The van der Waals surface area contributed by atoms with Crippen molar-refractivity contribution in [3.05, 3.63) is 59.4 Å². The zero-order valence-electron chi connectivity index (χ0n) is 15.3. The largest absolute Gasteiger partial charge is 0.417 e. The predicted molar refractivity (Wildman–Crippen MR) is 95.1 cm³/mol. The maximum atomic E-state index is 13.5. The summed E-state index contributed by atoms with van der Waals surface area (Å²) in [6.45, 7) is 0.658. The highest BCUT2D eigenvalue weighted by atomic mass is 19.4. The van der Waals surface area contributed by atoms with Gasteiger partial charge in [-0.2, -0.15) is 18.4 Å². The average Bonchev–Trinajstić information content (AvgIpc) is 3.02. The van der Waals surface area contributed by atoms with Crippen molar-refractivity contribution in [3.8, 4) is 6.07 Å². The van der Waals surface area contributed by atoms with Crippen molar-refractivity contribution in [1.29, 1.82) is 5.26 Å². The van der Waals surface area contributed by atoms with Crippen LogP contribution < -0.4 is 5.32 Å². The molecule has 156 valence electrons. The van der Waals surface area contributed by atoms with Crippen molar-refractivity contribution in [3.63, 3.8) is 0 Å². The van der Waals surface area contributed by atoms with E-state index in [1.807, 2.05) is 0 Å². The Labute approximate surface area is 166 Å². The van der Waals surface area contributed by atoms with Gasteiger partial charge in [-0.1, -0.05) is 0 Å². The number of nitriles is 1. The topological polar surface area (TPSA) is 90.9 Å². The number of fused-ring (bicyclic) bond motifs is 1. The second kappa shape index (κ2) is 7.38. The Morgan fingerprint density at radius 1 is 1.23 bits per heavy atom. The quantitative estimate of drug-likeness (QED) is 0.627. The summed E-state index contributed by atoms with van der Waals surface area (Å²) in [6, 6.07) is 5.69. The highest BCUT2D eigenvalue weighted by Gasteiger charge is 2.35. The number of hydrogen-bond donors (Lipinski definition) is 2. The molecule has 1 heterocycles. The summed E-state index contributed by atoms with van der Waals surface area (Å²) in [5.74, 6) is -3.31. The number of anilines is 1. The Kier molecular flexibility index (Phi) is 5.22. The molecule has 0 saturated carbocycles. The fourth-order valence-corrected chi connectivity index (χ4v) is 2.80. The van der Waals surface area contributed by atoms with Crippen LogP contribution in [0.2, 0.25) is 0 Å². The van der Waals surface area contributed by atoms with Gasteiger partial charge in [0.05, 0.1) is 41.1 Å². The fourth-order valence-electron chi connectivity index (χ4n) is 2.80. The van der Waals surface area contributed by atoms with Crippen LogP contribution in [-0.2, 0) is 17.5 Å². The second-order valence-corrected chi connectivity index (χ2v) is 6.73. The molecule has 1 amide bonds. The number of nitrogens with one attached hydrogen (secondary N) is 1. The molecule has 0 aliphatic carbocycles. The molecule has 0 aliphatic rings. The van der Waals surface area contributed by atoms with E-state index in [1.165, 1.54) is 10.6 Å². The van der Waals surface area contributed by atoms with E-state index < -0.39 is 47.0 Å². The highest BCUT2D eigenvalue weighted by molar-refractivity contribution is 5.97. The monoisotopic (exact) mass is 424 g/mol. The summed E-state index contributed by atoms with van der Waals surface area (Å²) < 4.78 is 67.2. The van der Waals surface area contributed by atoms with Gasteiger partial charge >= 0.3 is 6.18 Å². The molecule has 3 aromatic rings. The van der Waals surface area contributed by atoms with Crippen LogP contribution in [0.1, 0.15) is 18.1 Å². The number of amides is 1. The van der Waals surface area contributed by atoms with Crippen LogP contribution in [0.5, 0.6) is 0 Å². The number of rotatable bonds is 4. The van der Waals surface area contributed by atoms with Crippen LogP contribution in [0.3, 0.4) is 0 Å². The molecule has 0 unspecified atom stereocenters. The van der Waals surface area contributed by atoms with Gasteiger partial charge in [0.15, 0.2) is 17.2 Å². The molecular formula is C19H13F5N4O2. The standard InChI is InChI=1S/C19H13F5N4O2/c1-18(30,8-28-9-26-15-5-13(20)14(21)6-16(15)28)17(29)27-11-3-2-10(7-25)12(4-11)19(22,23)24/h2-6,9,30H,8H2,1H3,(H,27,29)/t18-/m0/s1. The summed E-state index contributed by atoms with van der Waals surface area (Å²) in [7, 11) is 0. The normalized spacial score (nSPS) is 13.7. The van der Waals surface area contributed by atoms with Gasteiger partial charge in [-0.3, -0.25) is 4.79 Å². The van der Waals surface area contributed by atoms with Gasteiger partial charge in [0.2, 0.25) is 0 Å². The molecule has 0 saturated heterocycles. The SMILES string of the molecule is C[C@](O)(Cn1cnc2cc(F)c(F)cc21)C(=O)Nc1ccc(C#N)c(C(F)(F)F)c1. The first-order valence-electron chi connectivity index (χ1n) is 8.37.